The Balaban J connectivity index is 2.16. The standard InChI is InChI=1S/C13H13NS2/c1-10-2-4-11(5-3-10)8-12(9-14)13-15-6-7-16-13/h2-5H,6-8H2,1H3. The number of benzene rings is 1. The molecule has 3 heteroatoms. The third kappa shape index (κ3) is 2.84. The van der Waals surface area contributed by atoms with Crippen LogP contribution in [0.2, 0.25) is 0 Å². The summed E-state index contributed by atoms with van der Waals surface area (Å²) in [6.07, 6.45) is 0.770. The first-order chi connectivity index (χ1) is 7.79. The number of hydrogen-bond acceptors (Lipinski definition) is 3. The van der Waals surface area contributed by atoms with Gasteiger partial charge < -0.3 is 0 Å². The molecule has 16 heavy (non-hydrogen) atoms. The average molecular weight is 247 g/mol. The number of rotatable bonds is 2. The van der Waals surface area contributed by atoms with Gasteiger partial charge in [0, 0.05) is 17.9 Å². The highest BCUT2D eigenvalue weighted by Gasteiger charge is 2.14. The molecule has 0 atom stereocenters. The number of thioether (sulfide) groups is 2. The molecule has 0 saturated carbocycles. The Hall–Kier alpha value is -0.850. The van der Waals surface area contributed by atoms with E-state index in [0.29, 0.717) is 0 Å². The minimum atomic E-state index is 0.770. The van der Waals surface area contributed by atoms with Gasteiger partial charge in [-0.1, -0.05) is 29.8 Å². The molecule has 0 unspecified atom stereocenters. The zero-order valence-electron chi connectivity index (χ0n) is 9.19. The highest BCUT2D eigenvalue weighted by atomic mass is 32.2. The lowest BCUT2D eigenvalue weighted by molar-refractivity contribution is 1.19. The Bertz CT molecular complexity index is 432. The van der Waals surface area contributed by atoms with Crippen LogP contribution in [0.25, 0.3) is 0 Å². The van der Waals surface area contributed by atoms with E-state index in [2.05, 4.69) is 37.3 Å². The van der Waals surface area contributed by atoms with Crippen molar-refractivity contribution in [2.75, 3.05) is 11.5 Å². The lowest BCUT2D eigenvalue weighted by Crippen LogP contribution is -1.90. The van der Waals surface area contributed by atoms with E-state index in [1.807, 2.05) is 23.5 Å². The quantitative estimate of drug-likeness (QED) is 0.744. The number of nitrogens with zero attached hydrogens (tertiary/aromatic N) is 1. The maximum atomic E-state index is 9.17. The van der Waals surface area contributed by atoms with Crippen LogP contribution in [0.1, 0.15) is 11.1 Å². The molecular weight excluding hydrogens is 234 g/mol. The van der Waals surface area contributed by atoms with E-state index in [-0.39, 0.29) is 0 Å². The molecule has 1 aromatic rings. The van der Waals surface area contributed by atoms with Gasteiger partial charge in [-0.25, -0.2) is 0 Å². The Kier molecular flexibility index (Phi) is 3.98. The Morgan fingerprint density at radius 3 is 2.44 bits per heavy atom. The summed E-state index contributed by atoms with van der Waals surface area (Å²) in [7, 11) is 0. The molecule has 1 saturated heterocycles. The Labute approximate surface area is 105 Å². The molecule has 2 rings (SSSR count). The number of nitriles is 1. The number of aryl methyl sites for hydroxylation is 1. The van der Waals surface area contributed by atoms with E-state index in [4.69, 9.17) is 5.26 Å². The summed E-state index contributed by atoms with van der Waals surface area (Å²) in [6, 6.07) is 10.8. The van der Waals surface area contributed by atoms with Crippen LogP contribution in [0.4, 0.5) is 0 Å². The molecule has 0 radical (unpaired) electrons. The third-order valence-electron chi connectivity index (χ3n) is 2.43. The second kappa shape index (κ2) is 5.47. The molecule has 0 aromatic heterocycles. The summed E-state index contributed by atoms with van der Waals surface area (Å²) >= 11 is 3.64. The molecule has 1 aliphatic rings. The topological polar surface area (TPSA) is 23.8 Å². The first kappa shape index (κ1) is 11.6. The molecule has 1 fully saturated rings. The summed E-state index contributed by atoms with van der Waals surface area (Å²) < 4.78 is 1.23. The van der Waals surface area contributed by atoms with Crippen molar-refractivity contribution >= 4 is 23.5 Å². The number of hydrogen-bond donors (Lipinski definition) is 0. The SMILES string of the molecule is Cc1ccc(CC(C#N)=C2SCCS2)cc1. The second-order valence-electron chi connectivity index (χ2n) is 3.74. The predicted molar refractivity (Wildman–Crippen MR) is 72.4 cm³/mol. The molecule has 82 valence electrons. The van der Waals surface area contributed by atoms with Crippen molar-refractivity contribution in [3.8, 4) is 6.07 Å². The normalized spacial score (nSPS) is 14.9. The van der Waals surface area contributed by atoms with Gasteiger partial charge in [0.15, 0.2) is 0 Å². The third-order valence-corrected chi connectivity index (χ3v) is 5.23. The van der Waals surface area contributed by atoms with Crippen molar-refractivity contribution in [1.29, 1.82) is 5.26 Å². The van der Waals surface area contributed by atoms with Crippen LogP contribution < -0.4 is 0 Å². The van der Waals surface area contributed by atoms with E-state index in [9.17, 15) is 0 Å². The summed E-state index contributed by atoms with van der Waals surface area (Å²) in [4.78, 5) is 0. The Morgan fingerprint density at radius 2 is 1.88 bits per heavy atom. The van der Waals surface area contributed by atoms with Gasteiger partial charge in [0.2, 0.25) is 0 Å². The fourth-order valence-corrected chi connectivity index (χ4v) is 4.01. The lowest BCUT2D eigenvalue weighted by Gasteiger charge is -2.03. The van der Waals surface area contributed by atoms with Crippen molar-refractivity contribution < 1.29 is 0 Å². The van der Waals surface area contributed by atoms with Crippen molar-refractivity contribution in [3.05, 3.63) is 45.2 Å². The number of allylic oxidation sites excluding steroid dienone is 1. The van der Waals surface area contributed by atoms with Gasteiger partial charge in [0.25, 0.3) is 0 Å². The van der Waals surface area contributed by atoms with E-state index in [1.165, 1.54) is 15.4 Å². The van der Waals surface area contributed by atoms with Crippen LogP contribution in [-0.4, -0.2) is 11.5 Å². The molecule has 0 N–H and O–H groups in total. The molecule has 1 aliphatic heterocycles. The molecule has 0 aliphatic carbocycles. The zero-order chi connectivity index (χ0) is 11.4. The molecule has 1 aromatic carbocycles. The summed E-state index contributed by atoms with van der Waals surface area (Å²) in [5.74, 6) is 2.28. The fourth-order valence-electron chi connectivity index (χ4n) is 1.55. The lowest BCUT2D eigenvalue weighted by atomic mass is 10.1. The van der Waals surface area contributed by atoms with Gasteiger partial charge in [0.05, 0.1) is 15.9 Å². The van der Waals surface area contributed by atoms with Gasteiger partial charge in [-0.3, -0.25) is 0 Å². The van der Waals surface area contributed by atoms with E-state index < -0.39 is 0 Å². The summed E-state index contributed by atoms with van der Waals surface area (Å²) in [5, 5.41) is 9.17. The van der Waals surface area contributed by atoms with Crippen LogP contribution in [0.5, 0.6) is 0 Å². The van der Waals surface area contributed by atoms with Gasteiger partial charge in [0.1, 0.15) is 0 Å². The van der Waals surface area contributed by atoms with Crippen molar-refractivity contribution in [1.82, 2.24) is 0 Å². The van der Waals surface area contributed by atoms with Crippen LogP contribution in [0.15, 0.2) is 34.1 Å². The average Bonchev–Trinajstić information content (AvgIpc) is 2.82. The van der Waals surface area contributed by atoms with E-state index in [1.54, 1.807) is 0 Å². The highest BCUT2D eigenvalue weighted by molar-refractivity contribution is 8.25. The minimum Gasteiger partial charge on any atom is -0.193 e. The van der Waals surface area contributed by atoms with Gasteiger partial charge in [-0.15, -0.1) is 23.5 Å². The molecule has 0 amide bonds. The minimum absolute atomic E-state index is 0.770. The maximum absolute atomic E-state index is 9.17. The molecule has 1 nitrogen and oxygen atoms in total. The first-order valence-electron chi connectivity index (χ1n) is 5.24. The maximum Gasteiger partial charge on any atom is 0.0967 e. The first-order valence-corrected chi connectivity index (χ1v) is 7.21. The van der Waals surface area contributed by atoms with Crippen molar-refractivity contribution in [2.45, 2.75) is 13.3 Å². The van der Waals surface area contributed by atoms with Gasteiger partial charge in [-0.2, -0.15) is 5.26 Å². The van der Waals surface area contributed by atoms with Crippen molar-refractivity contribution in [2.24, 2.45) is 0 Å². The van der Waals surface area contributed by atoms with Gasteiger partial charge >= 0.3 is 0 Å². The van der Waals surface area contributed by atoms with Crippen molar-refractivity contribution in [3.63, 3.8) is 0 Å². The highest BCUT2D eigenvalue weighted by Crippen LogP contribution is 2.39. The van der Waals surface area contributed by atoms with E-state index >= 15 is 0 Å². The zero-order valence-corrected chi connectivity index (χ0v) is 10.8. The van der Waals surface area contributed by atoms with Crippen LogP contribution in [0.3, 0.4) is 0 Å². The molecule has 0 spiro atoms. The second-order valence-corrected chi connectivity index (χ2v) is 6.21. The monoisotopic (exact) mass is 247 g/mol. The predicted octanol–water partition coefficient (Wildman–Crippen LogP) is 3.75. The summed E-state index contributed by atoms with van der Waals surface area (Å²) in [6.45, 7) is 2.08. The van der Waals surface area contributed by atoms with Gasteiger partial charge in [-0.05, 0) is 12.5 Å². The molecular formula is C13H13NS2. The molecule has 0 bridgehead atoms. The Morgan fingerprint density at radius 1 is 1.25 bits per heavy atom. The van der Waals surface area contributed by atoms with Crippen LogP contribution >= 0.6 is 23.5 Å². The fraction of sp³-hybridized carbons (Fsp3) is 0.308. The van der Waals surface area contributed by atoms with E-state index in [0.717, 1.165) is 23.5 Å². The van der Waals surface area contributed by atoms with Crippen LogP contribution in [0, 0.1) is 18.3 Å². The largest absolute Gasteiger partial charge is 0.193 e. The molecule has 1 heterocycles. The van der Waals surface area contributed by atoms with Crippen LogP contribution in [-0.2, 0) is 6.42 Å². The smallest absolute Gasteiger partial charge is 0.0967 e. The summed E-state index contributed by atoms with van der Waals surface area (Å²) in [5.41, 5.74) is 3.42.